The first-order chi connectivity index (χ1) is 9.83. The molecule has 1 aromatic rings. The van der Waals surface area contributed by atoms with E-state index in [-0.39, 0.29) is 0 Å². The van der Waals surface area contributed by atoms with Crippen molar-refractivity contribution < 1.29 is 0 Å². The van der Waals surface area contributed by atoms with E-state index in [9.17, 15) is 0 Å². The summed E-state index contributed by atoms with van der Waals surface area (Å²) >= 11 is 6.53. The third kappa shape index (κ3) is 3.48. The molecule has 0 atom stereocenters. The number of hydrogen-bond donors (Lipinski definition) is 1. The van der Waals surface area contributed by atoms with Crippen molar-refractivity contribution >= 4 is 17.3 Å². The molecule has 2 heterocycles. The highest BCUT2D eigenvalue weighted by atomic mass is 35.5. The van der Waals surface area contributed by atoms with Crippen molar-refractivity contribution in [3.63, 3.8) is 0 Å². The minimum Gasteiger partial charge on any atom is -0.370 e. The Balaban J connectivity index is 1.66. The molecule has 1 N–H and O–H groups in total. The molecule has 0 aliphatic carbocycles. The van der Waals surface area contributed by atoms with Crippen LogP contribution >= 0.6 is 11.6 Å². The van der Waals surface area contributed by atoms with E-state index < -0.39 is 0 Å². The summed E-state index contributed by atoms with van der Waals surface area (Å²) in [5, 5.41) is 4.37. The average molecular weight is 293 g/mol. The van der Waals surface area contributed by atoms with Crippen molar-refractivity contribution in [3.05, 3.63) is 28.8 Å². The summed E-state index contributed by atoms with van der Waals surface area (Å²) < 4.78 is 0. The molecular formula is C17H25ClN2. The molecule has 2 saturated heterocycles. The van der Waals surface area contributed by atoms with Gasteiger partial charge in [0, 0.05) is 13.1 Å². The number of piperidine rings is 2. The summed E-state index contributed by atoms with van der Waals surface area (Å²) in [6.45, 7) is 4.66. The predicted molar refractivity (Wildman–Crippen MR) is 86.8 cm³/mol. The van der Waals surface area contributed by atoms with Gasteiger partial charge in [0.25, 0.3) is 0 Å². The Morgan fingerprint density at radius 1 is 1.10 bits per heavy atom. The molecule has 0 spiro atoms. The molecule has 110 valence electrons. The molecule has 3 rings (SSSR count). The van der Waals surface area contributed by atoms with Gasteiger partial charge in [-0.2, -0.15) is 0 Å². The quantitative estimate of drug-likeness (QED) is 0.910. The Bertz CT molecular complexity index is 435. The fourth-order valence-electron chi connectivity index (χ4n) is 3.49. The van der Waals surface area contributed by atoms with Gasteiger partial charge in [-0.25, -0.2) is 0 Å². The summed E-state index contributed by atoms with van der Waals surface area (Å²) in [6, 6.07) is 6.73. The second-order valence-electron chi connectivity index (χ2n) is 6.23. The van der Waals surface area contributed by atoms with Crippen LogP contribution in [-0.4, -0.2) is 26.2 Å². The van der Waals surface area contributed by atoms with Crippen LogP contribution in [0.2, 0.25) is 5.02 Å². The molecular weight excluding hydrogens is 268 g/mol. The highest BCUT2D eigenvalue weighted by molar-refractivity contribution is 6.33. The smallest absolute Gasteiger partial charge is 0.0642 e. The van der Waals surface area contributed by atoms with E-state index >= 15 is 0 Å². The van der Waals surface area contributed by atoms with Gasteiger partial charge in [-0.05, 0) is 75.2 Å². The van der Waals surface area contributed by atoms with Gasteiger partial charge in [-0.1, -0.05) is 17.7 Å². The van der Waals surface area contributed by atoms with Crippen molar-refractivity contribution in [2.75, 3.05) is 31.1 Å². The Labute approximate surface area is 127 Å². The minimum atomic E-state index is 0.827. The highest BCUT2D eigenvalue weighted by Gasteiger charge is 2.16. The first-order valence-corrected chi connectivity index (χ1v) is 8.45. The zero-order valence-corrected chi connectivity index (χ0v) is 13.0. The van der Waals surface area contributed by atoms with Gasteiger partial charge in [0.05, 0.1) is 10.7 Å². The SMILES string of the molecule is Clc1cc(CC2CCNCC2)ccc1N1CCCCC1. The molecule has 0 aromatic heterocycles. The van der Waals surface area contributed by atoms with Crippen LogP contribution in [0, 0.1) is 5.92 Å². The number of nitrogens with one attached hydrogen (secondary N) is 1. The summed E-state index contributed by atoms with van der Waals surface area (Å²) in [4.78, 5) is 2.44. The maximum atomic E-state index is 6.53. The summed E-state index contributed by atoms with van der Waals surface area (Å²) in [6.07, 6.45) is 7.74. The van der Waals surface area contributed by atoms with E-state index in [1.54, 1.807) is 0 Å². The molecule has 2 aliphatic heterocycles. The van der Waals surface area contributed by atoms with E-state index in [4.69, 9.17) is 11.6 Å². The number of rotatable bonds is 3. The third-order valence-corrected chi connectivity index (χ3v) is 4.99. The standard InChI is InChI=1S/C17H25ClN2/c18-16-13-15(12-14-6-8-19-9-7-14)4-5-17(16)20-10-2-1-3-11-20/h4-5,13-14,19H,1-3,6-12H2. The first kappa shape index (κ1) is 14.2. The molecule has 20 heavy (non-hydrogen) atoms. The van der Waals surface area contributed by atoms with E-state index in [1.165, 1.54) is 62.9 Å². The normalized spacial score (nSPS) is 21.1. The van der Waals surface area contributed by atoms with E-state index in [0.29, 0.717) is 0 Å². The monoisotopic (exact) mass is 292 g/mol. The third-order valence-electron chi connectivity index (χ3n) is 4.69. The molecule has 0 amide bonds. The zero-order valence-electron chi connectivity index (χ0n) is 12.2. The lowest BCUT2D eigenvalue weighted by Crippen LogP contribution is -2.30. The lowest BCUT2D eigenvalue weighted by Gasteiger charge is -2.30. The van der Waals surface area contributed by atoms with Crippen molar-refractivity contribution in [2.45, 2.75) is 38.5 Å². The second kappa shape index (κ2) is 6.82. The Hall–Kier alpha value is -0.730. The molecule has 0 unspecified atom stereocenters. The summed E-state index contributed by atoms with van der Waals surface area (Å²) in [5.41, 5.74) is 2.64. The molecule has 2 aliphatic rings. The molecule has 1 aromatic carbocycles. The van der Waals surface area contributed by atoms with Crippen LogP contribution in [0.25, 0.3) is 0 Å². The van der Waals surface area contributed by atoms with Crippen molar-refractivity contribution in [1.82, 2.24) is 5.32 Å². The van der Waals surface area contributed by atoms with Gasteiger partial charge in [0.2, 0.25) is 0 Å². The Morgan fingerprint density at radius 2 is 1.85 bits per heavy atom. The fourth-order valence-corrected chi connectivity index (χ4v) is 3.81. The maximum absolute atomic E-state index is 6.53. The number of hydrogen-bond acceptors (Lipinski definition) is 2. The Kier molecular flexibility index (Phi) is 4.85. The molecule has 2 nitrogen and oxygen atoms in total. The number of anilines is 1. The van der Waals surface area contributed by atoms with Gasteiger partial charge < -0.3 is 10.2 Å². The van der Waals surface area contributed by atoms with Crippen molar-refractivity contribution in [3.8, 4) is 0 Å². The molecule has 3 heteroatoms. The van der Waals surface area contributed by atoms with Gasteiger partial charge in [0.15, 0.2) is 0 Å². The highest BCUT2D eigenvalue weighted by Crippen LogP contribution is 2.30. The van der Waals surface area contributed by atoms with E-state index in [0.717, 1.165) is 24.0 Å². The number of halogens is 1. The van der Waals surface area contributed by atoms with Gasteiger partial charge in [-0.15, -0.1) is 0 Å². The lowest BCUT2D eigenvalue weighted by molar-refractivity contribution is 0.372. The van der Waals surface area contributed by atoms with E-state index in [1.807, 2.05) is 0 Å². The van der Waals surface area contributed by atoms with Crippen LogP contribution in [0.5, 0.6) is 0 Å². The minimum absolute atomic E-state index is 0.827. The fraction of sp³-hybridized carbons (Fsp3) is 0.647. The largest absolute Gasteiger partial charge is 0.370 e. The van der Waals surface area contributed by atoms with Crippen LogP contribution in [-0.2, 0) is 6.42 Å². The van der Waals surface area contributed by atoms with Gasteiger partial charge in [-0.3, -0.25) is 0 Å². The maximum Gasteiger partial charge on any atom is 0.0642 e. The Morgan fingerprint density at radius 3 is 2.55 bits per heavy atom. The molecule has 0 saturated carbocycles. The van der Waals surface area contributed by atoms with Crippen LogP contribution < -0.4 is 10.2 Å². The summed E-state index contributed by atoms with van der Waals surface area (Å²) in [5.74, 6) is 0.827. The van der Waals surface area contributed by atoms with Crippen LogP contribution in [0.1, 0.15) is 37.7 Å². The van der Waals surface area contributed by atoms with Crippen molar-refractivity contribution in [1.29, 1.82) is 0 Å². The van der Waals surface area contributed by atoms with Crippen molar-refractivity contribution in [2.24, 2.45) is 5.92 Å². The topological polar surface area (TPSA) is 15.3 Å². The van der Waals surface area contributed by atoms with Gasteiger partial charge >= 0.3 is 0 Å². The van der Waals surface area contributed by atoms with Crippen LogP contribution in [0.3, 0.4) is 0 Å². The van der Waals surface area contributed by atoms with Gasteiger partial charge in [0.1, 0.15) is 0 Å². The lowest BCUT2D eigenvalue weighted by atomic mass is 9.91. The van der Waals surface area contributed by atoms with E-state index in [2.05, 4.69) is 28.4 Å². The zero-order chi connectivity index (χ0) is 13.8. The summed E-state index contributed by atoms with van der Waals surface area (Å²) in [7, 11) is 0. The van der Waals surface area contributed by atoms with Crippen LogP contribution in [0.15, 0.2) is 18.2 Å². The first-order valence-electron chi connectivity index (χ1n) is 8.07. The number of benzene rings is 1. The second-order valence-corrected chi connectivity index (χ2v) is 6.64. The number of nitrogens with zero attached hydrogens (tertiary/aromatic N) is 1. The predicted octanol–water partition coefficient (Wildman–Crippen LogP) is 3.87. The van der Waals surface area contributed by atoms with Crippen LogP contribution in [0.4, 0.5) is 5.69 Å². The molecule has 0 radical (unpaired) electrons. The molecule has 2 fully saturated rings. The molecule has 0 bridgehead atoms. The average Bonchev–Trinajstić information content (AvgIpc) is 2.49.